The number of benzene rings is 1. The fourth-order valence-electron chi connectivity index (χ4n) is 1.85. The Morgan fingerprint density at radius 2 is 2.21 bits per heavy atom. The number of ether oxygens (including phenoxy) is 2. The van der Waals surface area contributed by atoms with E-state index in [9.17, 15) is 0 Å². The summed E-state index contributed by atoms with van der Waals surface area (Å²) >= 11 is 0. The smallest absolute Gasteiger partial charge is 0.161 e. The molecule has 1 aliphatic rings. The Hall–Kier alpha value is -1.66. The molecule has 1 aromatic rings. The average molecular weight is 259 g/mol. The fourth-order valence-corrected chi connectivity index (χ4v) is 1.85. The summed E-state index contributed by atoms with van der Waals surface area (Å²) in [6.45, 7) is 1.51. The molecule has 1 aromatic carbocycles. The summed E-state index contributed by atoms with van der Waals surface area (Å²) in [4.78, 5) is 0. The Labute approximate surface area is 115 Å². The van der Waals surface area contributed by atoms with Gasteiger partial charge in [-0.1, -0.05) is 6.07 Å². The Morgan fingerprint density at radius 3 is 2.89 bits per heavy atom. The third kappa shape index (κ3) is 4.50. The Morgan fingerprint density at radius 1 is 1.37 bits per heavy atom. The normalized spacial score (nSPS) is 13.9. The molecular formula is C16H21NO2. The van der Waals surface area contributed by atoms with Crippen molar-refractivity contribution < 1.29 is 9.47 Å². The Bertz CT molecular complexity index is 447. The van der Waals surface area contributed by atoms with Crippen LogP contribution in [0.4, 0.5) is 0 Å². The van der Waals surface area contributed by atoms with Crippen LogP contribution in [0.25, 0.3) is 0 Å². The van der Waals surface area contributed by atoms with Crippen molar-refractivity contribution in [1.82, 2.24) is 5.32 Å². The highest BCUT2D eigenvalue weighted by atomic mass is 16.5. The molecule has 0 spiro atoms. The van der Waals surface area contributed by atoms with Gasteiger partial charge in [-0.05, 0) is 37.0 Å². The fraction of sp³-hybridized carbons (Fsp3) is 0.500. The number of methoxy groups -OCH3 is 1. The van der Waals surface area contributed by atoms with E-state index < -0.39 is 0 Å². The van der Waals surface area contributed by atoms with E-state index in [4.69, 9.17) is 15.9 Å². The van der Waals surface area contributed by atoms with Gasteiger partial charge in [0.25, 0.3) is 0 Å². The van der Waals surface area contributed by atoms with Crippen molar-refractivity contribution in [3.63, 3.8) is 0 Å². The highest BCUT2D eigenvalue weighted by Crippen LogP contribution is 2.28. The second kappa shape index (κ2) is 7.06. The first-order valence-corrected chi connectivity index (χ1v) is 6.80. The van der Waals surface area contributed by atoms with E-state index in [-0.39, 0.29) is 0 Å². The molecule has 0 radical (unpaired) electrons. The van der Waals surface area contributed by atoms with E-state index in [0.29, 0.717) is 12.6 Å². The van der Waals surface area contributed by atoms with Crippen LogP contribution in [0.15, 0.2) is 18.2 Å². The third-order valence-corrected chi connectivity index (χ3v) is 3.12. The first kappa shape index (κ1) is 13.8. The maximum Gasteiger partial charge on any atom is 0.161 e. The van der Waals surface area contributed by atoms with Crippen LogP contribution in [0, 0.1) is 12.3 Å². The monoisotopic (exact) mass is 259 g/mol. The van der Waals surface area contributed by atoms with Crippen LogP contribution in [0.1, 0.15) is 31.2 Å². The SMILES string of the molecule is C#CCCCOc1ccc(CNC2CC2)cc1OC. The van der Waals surface area contributed by atoms with Crippen molar-refractivity contribution >= 4 is 0 Å². The number of rotatable bonds is 8. The van der Waals surface area contributed by atoms with Crippen molar-refractivity contribution in [1.29, 1.82) is 0 Å². The van der Waals surface area contributed by atoms with Gasteiger partial charge in [0, 0.05) is 19.0 Å². The van der Waals surface area contributed by atoms with Crippen molar-refractivity contribution in [2.24, 2.45) is 0 Å². The van der Waals surface area contributed by atoms with Gasteiger partial charge in [-0.15, -0.1) is 12.3 Å². The quantitative estimate of drug-likeness (QED) is 0.575. The van der Waals surface area contributed by atoms with E-state index in [0.717, 1.165) is 30.9 Å². The summed E-state index contributed by atoms with van der Waals surface area (Å²) < 4.78 is 11.1. The minimum absolute atomic E-state index is 0.625. The predicted molar refractivity (Wildman–Crippen MR) is 76.4 cm³/mol. The molecule has 0 amide bonds. The highest BCUT2D eigenvalue weighted by Gasteiger charge is 2.20. The molecule has 2 rings (SSSR count). The lowest BCUT2D eigenvalue weighted by Gasteiger charge is -2.12. The molecule has 1 fully saturated rings. The standard InChI is InChI=1S/C16H21NO2/c1-3-4-5-10-19-15-9-6-13(11-16(15)18-2)12-17-14-7-8-14/h1,6,9,11,14,17H,4-5,7-8,10,12H2,2H3. The molecule has 0 aromatic heterocycles. The highest BCUT2D eigenvalue weighted by molar-refractivity contribution is 5.43. The molecule has 0 bridgehead atoms. The van der Waals surface area contributed by atoms with Gasteiger partial charge < -0.3 is 14.8 Å². The van der Waals surface area contributed by atoms with Crippen molar-refractivity contribution in [3.8, 4) is 23.8 Å². The van der Waals surface area contributed by atoms with Gasteiger partial charge in [0.15, 0.2) is 11.5 Å². The van der Waals surface area contributed by atoms with Gasteiger partial charge in [0.05, 0.1) is 13.7 Å². The van der Waals surface area contributed by atoms with Crippen LogP contribution in [-0.2, 0) is 6.54 Å². The Kier molecular flexibility index (Phi) is 5.11. The zero-order chi connectivity index (χ0) is 13.5. The summed E-state index contributed by atoms with van der Waals surface area (Å²) in [5.74, 6) is 4.18. The summed E-state index contributed by atoms with van der Waals surface area (Å²) in [5.41, 5.74) is 1.22. The molecule has 102 valence electrons. The molecule has 0 unspecified atom stereocenters. The van der Waals surface area contributed by atoms with Gasteiger partial charge in [0.2, 0.25) is 0 Å². The number of nitrogens with one attached hydrogen (secondary N) is 1. The molecule has 0 heterocycles. The van der Waals surface area contributed by atoms with Crippen LogP contribution >= 0.6 is 0 Å². The largest absolute Gasteiger partial charge is 0.493 e. The first-order valence-electron chi connectivity index (χ1n) is 6.80. The molecule has 19 heavy (non-hydrogen) atoms. The van der Waals surface area contributed by atoms with E-state index >= 15 is 0 Å². The van der Waals surface area contributed by atoms with E-state index in [1.165, 1.54) is 18.4 Å². The zero-order valence-electron chi connectivity index (χ0n) is 11.4. The summed E-state index contributed by atoms with van der Waals surface area (Å²) in [6, 6.07) is 6.80. The Balaban J connectivity index is 1.89. The summed E-state index contributed by atoms with van der Waals surface area (Å²) in [6.07, 6.45) is 9.42. The van der Waals surface area contributed by atoms with Crippen LogP contribution in [0.2, 0.25) is 0 Å². The number of unbranched alkanes of at least 4 members (excludes halogenated alkanes) is 1. The maximum absolute atomic E-state index is 5.68. The molecule has 1 N–H and O–H groups in total. The lowest BCUT2D eigenvalue weighted by molar-refractivity contribution is 0.290. The van der Waals surface area contributed by atoms with Gasteiger partial charge in [0.1, 0.15) is 0 Å². The lowest BCUT2D eigenvalue weighted by atomic mass is 10.2. The van der Waals surface area contributed by atoms with E-state index in [1.807, 2.05) is 12.1 Å². The van der Waals surface area contributed by atoms with Crippen molar-refractivity contribution in [2.45, 2.75) is 38.3 Å². The second-order valence-corrected chi connectivity index (χ2v) is 4.80. The van der Waals surface area contributed by atoms with Gasteiger partial charge in [-0.2, -0.15) is 0 Å². The zero-order valence-corrected chi connectivity index (χ0v) is 11.4. The molecule has 1 aliphatic carbocycles. The van der Waals surface area contributed by atoms with Crippen LogP contribution in [-0.4, -0.2) is 19.8 Å². The maximum atomic E-state index is 5.68. The third-order valence-electron chi connectivity index (χ3n) is 3.12. The second-order valence-electron chi connectivity index (χ2n) is 4.80. The van der Waals surface area contributed by atoms with Crippen molar-refractivity contribution in [2.75, 3.05) is 13.7 Å². The average Bonchev–Trinajstić information content (AvgIpc) is 3.26. The van der Waals surface area contributed by atoms with Gasteiger partial charge in [-0.25, -0.2) is 0 Å². The molecular weight excluding hydrogens is 238 g/mol. The molecule has 3 heteroatoms. The first-order chi connectivity index (χ1) is 9.33. The minimum Gasteiger partial charge on any atom is -0.493 e. The number of terminal acetylenes is 1. The summed E-state index contributed by atoms with van der Waals surface area (Å²) in [5, 5.41) is 3.49. The molecule has 0 saturated heterocycles. The molecule has 0 aliphatic heterocycles. The van der Waals surface area contributed by atoms with Crippen molar-refractivity contribution in [3.05, 3.63) is 23.8 Å². The molecule has 3 nitrogen and oxygen atoms in total. The topological polar surface area (TPSA) is 30.5 Å². The predicted octanol–water partition coefficient (Wildman–Crippen LogP) is 2.74. The minimum atomic E-state index is 0.625. The van der Waals surface area contributed by atoms with Crippen LogP contribution < -0.4 is 14.8 Å². The van der Waals surface area contributed by atoms with Crippen LogP contribution in [0.3, 0.4) is 0 Å². The van der Waals surface area contributed by atoms with Crippen LogP contribution in [0.5, 0.6) is 11.5 Å². The molecule has 1 saturated carbocycles. The summed E-state index contributed by atoms with van der Waals surface area (Å²) in [7, 11) is 1.67. The van der Waals surface area contributed by atoms with Gasteiger partial charge >= 0.3 is 0 Å². The number of hydrogen-bond acceptors (Lipinski definition) is 3. The number of hydrogen-bond donors (Lipinski definition) is 1. The van der Waals surface area contributed by atoms with E-state index in [1.54, 1.807) is 7.11 Å². The van der Waals surface area contributed by atoms with E-state index in [2.05, 4.69) is 17.3 Å². The van der Waals surface area contributed by atoms with Gasteiger partial charge in [-0.3, -0.25) is 0 Å². The lowest BCUT2D eigenvalue weighted by Crippen LogP contribution is -2.15. The molecule has 0 atom stereocenters.